The van der Waals surface area contributed by atoms with Crippen LogP contribution in [0.1, 0.15) is 24.3 Å². The molecule has 1 aliphatic rings. The van der Waals surface area contributed by atoms with Crippen LogP contribution in [0.3, 0.4) is 0 Å². The van der Waals surface area contributed by atoms with E-state index in [1.54, 1.807) is 12.1 Å². The second kappa shape index (κ2) is 6.58. The summed E-state index contributed by atoms with van der Waals surface area (Å²) in [6.07, 6.45) is 2.05. The van der Waals surface area contributed by atoms with E-state index in [2.05, 4.69) is 11.4 Å². The zero-order valence-electron chi connectivity index (χ0n) is 9.53. The Hall–Kier alpha value is -1.11. The lowest BCUT2D eigenvalue weighted by molar-refractivity contribution is 0.350. The van der Waals surface area contributed by atoms with Gasteiger partial charge in [0.1, 0.15) is 5.82 Å². The molecule has 1 aromatic carbocycles. The van der Waals surface area contributed by atoms with Crippen molar-refractivity contribution in [3.05, 3.63) is 35.6 Å². The van der Waals surface area contributed by atoms with E-state index >= 15 is 0 Å². The number of hydrogen-bond acceptors (Lipinski definition) is 2. The third kappa shape index (κ3) is 3.42. The van der Waals surface area contributed by atoms with E-state index in [9.17, 15) is 9.65 Å². The maximum atomic E-state index is 12.8. The Kier molecular flexibility index (Phi) is 5.40. The minimum atomic E-state index is -0.245. The molecule has 4 heteroatoms. The largest absolute Gasteiger partial charge is 0.317 e. The molecule has 0 bridgehead atoms. The molecule has 0 radical (unpaired) electrons. The summed E-state index contributed by atoms with van der Waals surface area (Å²) in [4.78, 5) is 0. The van der Waals surface area contributed by atoms with Crippen LogP contribution >= 0.6 is 12.4 Å². The normalized spacial score (nSPS) is 17.9. The summed E-state index contributed by atoms with van der Waals surface area (Å²) in [5, 5.41) is 12.5. The predicted molar refractivity (Wildman–Crippen MR) is 67.6 cm³/mol. The minimum absolute atomic E-state index is 0. The number of hydrogen-bond donors (Lipinski definition) is 1. The van der Waals surface area contributed by atoms with Gasteiger partial charge in [0.15, 0.2) is 0 Å². The van der Waals surface area contributed by atoms with E-state index in [4.69, 9.17) is 0 Å². The van der Waals surface area contributed by atoms with Gasteiger partial charge in [-0.3, -0.25) is 0 Å². The van der Waals surface area contributed by atoms with Crippen LogP contribution in [0.4, 0.5) is 4.39 Å². The van der Waals surface area contributed by atoms with Crippen LogP contribution in [0.25, 0.3) is 0 Å². The second-order valence-electron chi connectivity index (χ2n) is 4.25. The molecule has 1 N–H and O–H groups in total. The topological polar surface area (TPSA) is 35.8 Å². The van der Waals surface area contributed by atoms with Crippen molar-refractivity contribution < 1.29 is 4.39 Å². The van der Waals surface area contributed by atoms with Crippen molar-refractivity contribution in [3.8, 4) is 6.07 Å². The second-order valence-corrected chi connectivity index (χ2v) is 4.25. The summed E-state index contributed by atoms with van der Waals surface area (Å²) in [5.41, 5.74) is 0.941. The van der Waals surface area contributed by atoms with Gasteiger partial charge in [-0.2, -0.15) is 5.26 Å². The summed E-state index contributed by atoms with van der Waals surface area (Å²) in [7, 11) is 0. The summed E-state index contributed by atoms with van der Waals surface area (Å²) in [6, 6.07) is 8.67. The van der Waals surface area contributed by atoms with E-state index in [1.165, 1.54) is 12.1 Å². The first-order chi connectivity index (χ1) is 7.81. The van der Waals surface area contributed by atoms with Gasteiger partial charge in [0.05, 0.1) is 12.0 Å². The maximum Gasteiger partial charge on any atom is 0.123 e. The number of piperidine rings is 1. The fraction of sp³-hybridized carbons (Fsp3) is 0.462. The molecular weight excluding hydrogens is 239 g/mol. The third-order valence-corrected chi connectivity index (χ3v) is 3.22. The Labute approximate surface area is 107 Å². The fourth-order valence-electron chi connectivity index (χ4n) is 2.30. The molecule has 0 aliphatic carbocycles. The number of nitrogens with one attached hydrogen (secondary N) is 1. The molecule has 17 heavy (non-hydrogen) atoms. The van der Waals surface area contributed by atoms with Crippen LogP contribution in [-0.4, -0.2) is 13.1 Å². The Morgan fingerprint density at radius 2 is 1.82 bits per heavy atom. The van der Waals surface area contributed by atoms with Crippen LogP contribution in [0.15, 0.2) is 24.3 Å². The highest BCUT2D eigenvalue weighted by molar-refractivity contribution is 5.85. The summed E-state index contributed by atoms with van der Waals surface area (Å²) >= 11 is 0. The number of nitrogens with zero attached hydrogens (tertiary/aromatic N) is 1. The molecule has 1 saturated heterocycles. The molecule has 1 unspecified atom stereocenters. The molecule has 0 spiro atoms. The van der Waals surface area contributed by atoms with Crippen LogP contribution in [-0.2, 0) is 0 Å². The van der Waals surface area contributed by atoms with Crippen LogP contribution in [0.5, 0.6) is 0 Å². The highest BCUT2D eigenvalue weighted by atomic mass is 35.5. The molecule has 1 heterocycles. The van der Waals surface area contributed by atoms with Crippen molar-refractivity contribution in [3.63, 3.8) is 0 Å². The first-order valence-corrected chi connectivity index (χ1v) is 5.67. The number of benzene rings is 1. The molecule has 1 atom stereocenters. The molecule has 92 valence electrons. The molecule has 1 aromatic rings. The van der Waals surface area contributed by atoms with Crippen LogP contribution < -0.4 is 5.32 Å². The first kappa shape index (κ1) is 14.0. The Morgan fingerprint density at radius 3 is 2.35 bits per heavy atom. The van der Waals surface area contributed by atoms with Crippen molar-refractivity contribution in [1.29, 1.82) is 5.26 Å². The van der Waals surface area contributed by atoms with E-state index in [1.807, 2.05) is 0 Å². The van der Waals surface area contributed by atoms with Crippen molar-refractivity contribution >= 4 is 12.4 Å². The number of nitriles is 1. The maximum absolute atomic E-state index is 12.8. The molecule has 1 aliphatic heterocycles. The predicted octanol–water partition coefficient (Wildman–Crippen LogP) is 2.85. The van der Waals surface area contributed by atoms with Gasteiger partial charge in [0.25, 0.3) is 0 Å². The van der Waals surface area contributed by atoms with Gasteiger partial charge in [-0.25, -0.2) is 4.39 Å². The summed E-state index contributed by atoms with van der Waals surface area (Å²) < 4.78 is 12.8. The highest BCUT2D eigenvalue weighted by Crippen LogP contribution is 2.30. The van der Waals surface area contributed by atoms with E-state index in [-0.39, 0.29) is 24.1 Å². The van der Waals surface area contributed by atoms with Gasteiger partial charge >= 0.3 is 0 Å². The molecule has 0 amide bonds. The van der Waals surface area contributed by atoms with Gasteiger partial charge in [-0.05, 0) is 49.5 Å². The van der Waals surface area contributed by atoms with Gasteiger partial charge in [0, 0.05) is 0 Å². The van der Waals surface area contributed by atoms with Crippen molar-refractivity contribution in [2.24, 2.45) is 5.92 Å². The summed E-state index contributed by atoms with van der Waals surface area (Å²) in [5.74, 6) is 0.0603. The van der Waals surface area contributed by atoms with E-state index in [0.717, 1.165) is 31.5 Å². The molecule has 0 saturated carbocycles. The monoisotopic (exact) mass is 254 g/mol. The SMILES string of the molecule is Cl.N#CC(c1ccc(F)cc1)C1CCNCC1. The van der Waals surface area contributed by atoms with Crippen LogP contribution in [0.2, 0.25) is 0 Å². The van der Waals surface area contributed by atoms with Gasteiger partial charge in [-0.15, -0.1) is 12.4 Å². The van der Waals surface area contributed by atoms with E-state index in [0.29, 0.717) is 5.92 Å². The quantitative estimate of drug-likeness (QED) is 0.881. The lowest BCUT2D eigenvalue weighted by atomic mass is 9.81. The molecule has 2 nitrogen and oxygen atoms in total. The lowest BCUT2D eigenvalue weighted by Crippen LogP contribution is -2.30. The Balaban J connectivity index is 0.00000144. The van der Waals surface area contributed by atoms with Crippen molar-refractivity contribution in [2.45, 2.75) is 18.8 Å². The fourth-order valence-corrected chi connectivity index (χ4v) is 2.30. The Morgan fingerprint density at radius 1 is 1.24 bits per heavy atom. The van der Waals surface area contributed by atoms with Crippen LogP contribution in [0, 0.1) is 23.1 Å². The minimum Gasteiger partial charge on any atom is -0.317 e. The number of halogens is 2. The Bertz CT molecular complexity index is 379. The van der Waals surface area contributed by atoms with Crippen molar-refractivity contribution in [2.75, 3.05) is 13.1 Å². The summed E-state index contributed by atoms with van der Waals surface area (Å²) in [6.45, 7) is 1.95. The lowest BCUT2D eigenvalue weighted by Gasteiger charge is -2.26. The average molecular weight is 255 g/mol. The first-order valence-electron chi connectivity index (χ1n) is 5.67. The van der Waals surface area contributed by atoms with Crippen molar-refractivity contribution in [1.82, 2.24) is 5.32 Å². The highest BCUT2D eigenvalue weighted by Gasteiger charge is 2.24. The average Bonchev–Trinajstić information content (AvgIpc) is 2.34. The van der Waals surface area contributed by atoms with Gasteiger partial charge in [0.2, 0.25) is 0 Å². The van der Waals surface area contributed by atoms with Gasteiger partial charge < -0.3 is 5.32 Å². The molecular formula is C13H16ClFN2. The smallest absolute Gasteiger partial charge is 0.123 e. The molecule has 0 aromatic heterocycles. The molecule has 1 fully saturated rings. The number of rotatable bonds is 2. The third-order valence-electron chi connectivity index (χ3n) is 3.22. The standard InChI is InChI=1S/C13H15FN2.ClH/c14-12-3-1-10(2-4-12)13(9-15)11-5-7-16-8-6-11;/h1-4,11,13,16H,5-8H2;1H. The van der Waals surface area contributed by atoms with Gasteiger partial charge in [-0.1, -0.05) is 12.1 Å². The van der Waals surface area contributed by atoms with E-state index < -0.39 is 0 Å². The zero-order valence-corrected chi connectivity index (χ0v) is 10.3. The molecule has 2 rings (SSSR count). The zero-order chi connectivity index (χ0) is 11.4.